The standard InChI is InChI=1S/C15H27N3O2/c1-6-8-9-18-11-16-10-13(18)12(7-2)17-14(19)20-15(3,4)5/h10-12H,6-9H2,1-5H3,(H,17,19)/t12-/m1/s1. The summed E-state index contributed by atoms with van der Waals surface area (Å²) >= 11 is 0. The molecule has 0 aliphatic heterocycles. The lowest BCUT2D eigenvalue weighted by Crippen LogP contribution is -2.35. The number of ether oxygens (including phenoxy) is 1. The van der Waals surface area contributed by atoms with Gasteiger partial charge in [0.1, 0.15) is 5.60 Å². The molecule has 0 saturated heterocycles. The van der Waals surface area contributed by atoms with Crippen molar-refractivity contribution >= 4 is 6.09 Å². The second-order valence-corrected chi connectivity index (χ2v) is 5.97. The minimum Gasteiger partial charge on any atom is -0.444 e. The van der Waals surface area contributed by atoms with Crippen molar-refractivity contribution in [1.82, 2.24) is 14.9 Å². The molecule has 0 spiro atoms. The van der Waals surface area contributed by atoms with Gasteiger partial charge in [-0.3, -0.25) is 0 Å². The Morgan fingerprint density at radius 3 is 2.70 bits per heavy atom. The maximum Gasteiger partial charge on any atom is 0.408 e. The van der Waals surface area contributed by atoms with Gasteiger partial charge in [0.25, 0.3) is 0 Å². The van der Waals surface area contributed by atoms with Crippen LogP contribution in [0.5, 0.6) is 0 Å². The van der Waals surface area contributed by atoms with Crippen LogP contribution in [0.1, 0.15) is 65.6 Å². The molecule has 20 heavy (non-hydrogen) atoms. The average molecular weight is 281 g/mol. The van der Waals surface area contributed by atoms with Gasteiger partial charge in [0.2, 0.25) is 0 Å². The van der Waals surface area contributed by atoms with Crippen molar-refractivity contribution in [3.05, 3.63) is 18.2 Å². The number of carbonyl (C=O) groups excluding carboxylic acids is 1. The normalized spacial score (nSPS) is 13.1. The Labute approximate surface area is 121 Å². The third-order valence-corrected chi connectivity index (χ3v) is 2.95. The molecule has 114 valence electrons. The van der Waals surface area contributed by atoms with E-state index in [2.05, 4.69) is 21.8 Å². The van der Waals surface area contributed by atoms with Crippen molar-refractivity contribution in [2.75, 3.05) is 0 Å². The summed E-state index contributed by atoms with van der Waals surface area (Å²) in [4.78, 5) is 16.1. The Balaban J connectivity index is 2.71. The highest BCUT2D eigenvalue weighted by Crippen LogP contribution is 2.18. The summed E-state index contributed by atoms with van der Waals surface area (Å²) in [5.74, 6) is 0. The molecule has 1 amide bonds. The summed E-state index contributed by atoms with van der Waals surface area (Å²) in [6.45, 7) is 10.7. The van der Waals surface area contributed by atoms with E-state index in [1.54, 1.807) is 0 Å². The van der Waals surface area contributed by atoms with Crippen LogP contribution in [0.15, 0.2) is 12.5 Å². The van der Waals surface area contributed by atoms with Crippen molar-refractivity contribution in [3.8, 4) is 0 Å². The Kier molecular flexibility index (Phi) is 6.05. The average Bonchev–Trinajstić information content (AvgIpc) is 2.79. The number of alkyl carbamates (subject to hydrolysis) is 1. The number of aromatic nitrogens is 2. The van der Waals surface area contributed by atoms with Crippen molar-refractivity contribution < 1.29 is 9.53 Å². The molecule has 0 fully saturated rings. The number of hydrogen-bond donors (Lipinski definition) is 1. The summed E-state index contributed by atoms with van der Waals surface area (Å²) in [5, 5.41) is 2.92. The van der Waals surface area contributed by atoms with Gasteiger partial charge >= 0.3 is 6.09 Å². The Bertz CT molecular complexity index is 421. The zero-order valence-electron chi connectivity index (χ0n) is 13.3. The van der Waals surface area contributed by atoms with Crippen LogP contribution < -0.4 is 5.32 Å². The number of imidazole rings is 1. The van der Waals surface area contributed by atoms with E-state index in [9.17, 15) is 4.79 Å². The van der Waals surface area contributed by atoms with Crippen molar-refractivity contribution in [3.63, 3.8) is 0 Å². The lowest BCUT2D eigenvalue weighted by molar-refractivity contribution is 0.0500. The first-order valence-corrected chi connectivity index (χ1v) is 7.37. The molecule has 1 rings (SSSR count). The van der Waals surface area contributed by atoms with E-state index >= 15 is 0 Å². The molecule has 1 aromatic rings. The predicted molar refractivity (Wildman–Crippen MR) is 79.5 cm³/mol. The van der Waals surface area contributed by atoms with Gasteiger partial charge in [-0.05, 0) is 33.6 Å². The van der Waals surface area contributed by atoms with Gasteiger partial charge in [0, 0.05) is 6.54 Å². The molecule has 1 aromatic heterocycles. The van der Waals surface area contributed by atoms with Crippen molar-refractivity contribution in [1.29, 1.82) is 0 Å². The van der Waals surface area contributed by atoms with Crippen LogP contribution in [0.25, 0.3) is 0 Å². The highest BCUT2D eigenvalue weighted by molar-refractivity contribution is 5.68. The van der Waals surface area contributed by atoms with E-state index in [4.69, 9.17) is 4.74 Å². The molecular weight excluding hydrogens is 254 g/mol. The summed E-state index contributed by atoms with van der Waals surface area (Å²) in [7, 11) is 0. The fraction of sp³-hybridized carbons (Fsp3) is 0.733. The van der Waals surface area contributed by atoms with E-state index in [1.165, 1.54) is 0 Å². The van der Waals surface area contributed by atoms with E-state index in [1.807, 2.05) is 40.2 Å². The second-order valence-electron chi connectivity index (χ2n) is 5.97. The van der Waals surface area contributed by atoms with Gasteiger partial charge in [-0.25, -0.2) is 9.78 Å². The number of nitrogens with zero attached hydrogens (tertiary/aromatic N) is 2. The van der Waals surface area contributed by atoms with Gasteiger partial charge in [-0.2, -0.15) is 0 Å². The van der Waals surface area contributed by atoms with Gasteiger partial charge in [-0.15, -0.1) is 0 Å². The zero-order valence-corrected chi connectivity index (χ0v) is 13.3. The number of rotatable bonds is 6. The van der Waals surface area contributed by atoms with Crippen molar-refractivity contribution in [2.24, 2.45) is 0 Å². The first kappa shape index (κ1) is 16.5. The molecule has 1 N–H and O–H groups in total. The molecule has 0 radical (unpaired) electrons. The minimum absolute atomic E-state index is 0.0655. The topological polar surface area (TPSA) is 56.2 Å². The molecule has 0 aliphatic carbocycles. The number of unbranched alkanes of at least 4 members (excludes halogenated alkanes) is 1. The monoisotopic (exact) mass is 281 g/mol. The molecule has 0 saturated carbocycles. The molecular formula is C15H27N3O2. The molecule has 1 heterocycles. The lowest BCUT2D eigenvalue weighted by Gasteiger charge is -2.23. The number of carbonyl (C=O) groups is 1. The summed E-state index contributed by atoms with van der Waals surface area (Å²) in [5.41, 5.74) is 0.553. The number of amides is 1. The van der Waals surface area contributed by atoms with Crippen LogP contribution in [0.3, 0.4) is 0 Å². The molecule has 5 nitrogen and oxygen atoms in total. The summed E-state index contributed by atoms with van der Waals surface area (Å²) in [6.07, 6.45) is 6.30. The molecule has 1 atom stereocenters. The number of aryl methyl sites for hydroxylation is 1. The maximum atomic E-state index is 11.9. The highest BCUT2D eigenvalue weighted by atomic mass is 16.6. The smallest absolute Gasteiger partial charge is 0.408 e. The third kappa shape index (κ3) is 5.23. The largest absolute Gasteiger partial charge is 0.444 e. The van der Waals surface area contributed by atoms with Gasteiger partial charge in [0.05, 0.1) is 24.3 Å². The highest BCUT2D eigenvalue weighted by Gasteiger charge is 2.21. The summed E-state index contributed by atoms with van der Waals surface area (Å²) in [6, 6.07) is -0.0655. The quantitative estimate of drug-likeness (QED) is 0.865. The molecule has 0 unspecified atom stereocenters. The number of nitrogens with one attached hydrogen (secondary N) is 1. The Morgan fingerprint density at radius 1 is 1.45 bits per heavy atom. The Hall–Kier alpha value is -1.52. The summed E-state index contributed by atoms with van der Waals surface area (Å²) < 4.78 is 7.42. The number of hydrogen-bond acceptors (Lipinski definition) is 3. The lowest BCUT2D eigenvalue weighted by atomic mass is 10.1. The van der Waals surface area contributed by atoms with E-state index in [-0.39, 0.29) is 12.1 Å². The van der Waals surface area contributed by atoms with Crippen LogP contribution in [0.4, 0.5) is 4.79 Å². The van der Waals surface area contributed by atoms with Crippen LogP contribution in [0.2, 0.25) is 0 Å². The fourth-order valence-electron chi connectivity index (χ4n) is 1.97. The van der Waals surface area contributed by atoms with Crippen LogP contribution in [-0.2, 0) is 11.3 Å². The molecule has 0 aliphatic rings. The predicted octanol–water partition coefficient (Wildman–Crippen LogP) is 3.66. The van der Waals surface area contributed by atoms with Crippen molar-refractivity contribution in [2.45, 2.75) is 72.1 Å². The van der Waals surface area contributed by atoms with Crippen LogP contribution in [0, 0.1) is 0 Å². The first-order chi connectivity index (χ1) is 9.37. The van der Waals surface area contributed by atoms with Gasteiger partial charge < -0.3 is 14.6 Å². The second kappa shape index (κ2) is 7.31. The van der Waals surface area contributed by atoms with Gasteiger partial charge in [-0.1, -0.05) is 20.3 Å². The zero-order chi connectivity index (χ0) is 15.2. The van der Waals surface area contributed by atoms with E-state index in [0.717, 1.165) is 31.5 Å². The maximum absolute atomic E-state index is 11.9. The van der Waals surface area contributed by atoms with Gasteiger partial charge in [0.15, 0.2) is 0 Å². The van der Waals surface area contributed by atoms with Crippen LogP contribution >= 0.6 is 0 Å². The SMILES string of the molecule is CCCCn1cncc1[C@@H](CC)NC(=O)OC(C)(C)C. The molecule has 0 bridgehead atoms. The van der Waals surface area contributed by atoms with Crippen LogP contribution in [-0.4, -0.2) is 21.2 Å². The fourth-order valence-corrected chi connectivity index (χ4v) is 1.97. The third-order valence-electron chi connectivity index (χ3n) is 2.95. The minimum atomic E-state index is -0.481. The Morgan fingerprint density at radius 2 is 2.15 bits per heavy atom. The van der Waals surface area contributed by atoms with E-state index in [0.29, 0.717) is 0 Å². The first-order valence-electron chi connectivity index (χ1n) is 7.37. The van der Waals surface area contributed by atoms with E-state index < -0.39 is 5.60 Å². The molecule has 5 heteroatoms. The molecule has 0 aromatic carbocycles.